The minimum Gasteiger partial charge on any atom is -0.323 e. The number of hydrogen-bond donors (Lipinski definition) is 1. The van der Waals surface area contributed by atoms with Gasteiger partial charge in [0.1, 0.15) is 5.54 Å². The van der Waals surface area contributed by atoms with E-state index in [1.165, 1.54) is 4.90 Å². The molecule has 3 rings (SSSR count). The fraction of sp³-hybridized carbons (Fsp3) is 0.706. The fourth-order valence-electron chi connectivity index (χ4n) is 3.73. The molecule has 0 saturated carbocycles. The molecule has 2 aliphatic rings. The molecule has 132 valence electrons. The second-order valence-electron chi connectivity index (χ2n) is 7.45. The van der Waals surface area contributed by atoms with Crippen LogP contribution in [0.5, 0.6) is 0 Å². The zero-order valence-electron chi connectivity index (χ0n) is 15.0. The Labute approximate surface area is 143 Å². The molecule has 0 aromatic carbocycles. The molecule has 3 heterocycles. The summed E-state index contributed by atoms with van der Waals surface area (Å²) in [6.45, 7) is 8.66. The smallest absolute Gasteiger partial charge is 0.323 e. The minimum atomic E-state index is -0.790. The van der Waals surface area contributed by atoms with Crippen LogP contribution in [-0.4, -0.2) is 57.2 Å². The Hall–Kier alpha value is -1.89. The summed E-state index contributed by atoms with van der Waals surface area (Å²) < 4.78 is 1.97. The Morgan fingerprint density at radius 1 is 1.42 bits per heavy atom. The number of piperidine rings is 1. The predicted molar refractivity (Wildman–Crippen MR) is 90.3 cm³/mol. The molecule has 0 bridgehead atoms. The number of hydrogen-bond acceptors (Lipinski definition) is 4. The number of likely N-dealkylation sites (N-methyl/N-ethyl adjacent to an activating group) is 1. The van der Waals surface area contributed by atoms with Crippen molar-refractivity contribution >= 4 is 11.9 Å². The van der Waals surface area contributed by atoms with Gasteiger partial charge in [-0.2, -0.15) is 5.10 Å². The number of nitrogens with zero attached hydrogens (tertiary/aromatic N) is 4. The summed E-state index contributed by atoms with van der Waals surface area (Å²) in [5.74, 6) is 0.00303. The molecule has 2 atom stereocenters. The number of nitrogens with one attached hydrogen (secondary N) is 1. The Balaban J connectivity index is 1.68. The summed E-state index contributed by atoms with van der Waals surface area (Å²) in [5, 5.41) is 7.51. The van der Waals surface area contributed by atoms with Gasteiger partial charge in [0.05, 0.1) is 5.69 Å². The Morgan fingerprint density at radius 3 is 2.75 bits per heavy atom. The zero-order valence-corrected chi connectivity index (χ0v) is 15.0. The molecule has 24 heavy (non-hydrogen) atoms. The van der Waals surface area contributed by atoms with Crippen LogP contribution in [0.4, 0.5) is 4.79 Å². The van der Waals surface area contributed by atoms with Crippen molar-refractivity contribution in [1.29, 1.82) is 0 Å². The van der Waals surface area contributed by atoms with Gasteiger partial charge in [0, 0.05) is 38.3 Å². The van der Waals surface area contributed by atoms with Crippen LogP contribution in [-0.2, 0) is 11.3 Å². The van der Waals surface area contributed by atoms with E-state index in [2.05, 4.69) is 35.2 Å². The van der Waals surface area contributed by atoms with Crippen LogP contribution < -0.4 is 5.32 Å². The van der Waals surface area contributed by atoms with Crippen molar-refractivity contribution in [2.45, 2.75) is 51.7 Å². The predicted octanol–water partition coefficient (Wildman–Crippen LogP) is 1.62. The van der Waals surface area contributed by atoms with E-state index in [0.29, 0.717) is 6.04 Å². The Bertz CT molecular complexity index is 641. The largest absolute Gasteiger partial charge is 0.324 e. The van der Waals surface area contributed by atoms with Crippen molar-refractivity contribution in [2.24, 2.45) is 5.92 Å². The molecule has 2 saturated heterocycles. The quantitative estimate of drug-likeness (QED) is 0.850. The molecular formula is C17H27N5O2. The van der Waals surface area contributed by atoms with Gasteiger partial charge in [-0.15, -0.1) is 0 Å². The summed E-state index contributed by atoms with van der Waals surface area (Å²) in [6, 6.07) is 2.12. The lowest BCUT2D eigenvalue weighted by atomic mass is 9.80. The first-order valence-corrected chi connectivity index (χ1v) is 8.68. The first-order chi connectivity index (χ1) is 11.3. The first kappa shape index (κ1) is 17.0. The van der Waals surface area contributed by atoms with Crippen LogP contribution in [0.25, 0.3) is 0 Å². The highest BCUT2D eigenvalue weighted by molar-refractivity contribution is 6.06. The molecule has 1 aromatic rings. The highest BCUT2D eigenvalue weighted by Crippen LogP contribution is 2.32. The highest BCUT2D eigenvalue weighted by Gasteiger charge is 2.51. The summed E-state index contributed by atoms with van der Waals surface area (Å²) in [4.78, 5) is 27.9. The lowest BCUT2D eigenvalue weighted by Crippen LogP contribution is -2.55. The van der Waals surface area contributed by atoms with Gasteiger partial charge in [0.25, 0.3) is 5.91 Å². The second kappa shape index (κ2) is 6.20. The van der Waals surface area contributed by atoms with Crippen LogP contribution in [0.2, 0.25) is 0 Å². The molecule has 0 spiro atoms. The normalized spacial score (nSPS) is 28.7. The monoisotopic (exact) mass is 333 g/mol. The summed E-state index contributed by atoms with van der Waals surface area (Å²) >= 11 is 0. The third-order valence-corrected chi connectivity index (χ3v) is 5.32. The molecule has 0 unspecified atom stereocenters. The number of likely N-dealkylation sites (tertiary alicyclic amines) is 1. The molecule has 7 nitrogen and oxygen atoms in total. The maximum atomic E-state index is 12.5. The molecule has 0 radical (unpaired) electrons. The average Bonchev–Trinajstić information content (AvgIpc) is 3.08. The standard InChI is InChI=1S/C17H27N5O2/c1-12(2)22-9-7-14(19-22)11-21-8-5-6-13(10-21)17(3)15(23)20(4)16(24)18-17/h7,9,12-13H,5-6,8,10-11H2,1-4H3,(H,18,24)/t13-,17-/m1/s1. The average molecular weight is 333 g/mol. The van der Waals surface area contributed by atoms with Crippen LogP contribution in [0, 0.1) is 5.92 Å². The van der Waals surface area contributed by atoms with E-state index >= 15 is 0 Å². The van der Waals surface area contributed by atoms with E-state index in [9.17, 15) is 9.59 Å². The zero-order chi connectivity index (χ0) is 17.5. The van der Waals surface area contributed by atoms with Gasteiger partial charge in [0.2, 0.25) is 0 Å². The van der Waals surface area contributed by atoms with Crippen molar-refractivity contribution in [2.75, 3.05) is 20.1 Å². The molecule has 7 heteroatoms. The minimum absolute atomic E-state index is 0.122. The van der Waals surface area contributed by atoms with Crippen molar-refractivity contribution in [3.63, 3.8) is 0 Å². The van der Waals surface area contributed by atoms with E-state index in [1.54, 1.807) is 7.05 Å². The van der Waals surface area contributed by atoms with Gasteiger partial charge < -0.3 is 5.32 Å². The Morgan fingerprint density at radius 2 is 2.17 bits per heavy atom. The van der Waals surface area contributed by atoms with E-state index in [1.807, 2.05) is 17.8 Å². The summed E-state index contributed by atoms with van der Waals surface area (Å²) in [7, 11) is 1.54. The molecule has 1 N–H and O–H groups in total. The van der Waals surface area contributed by atoms with Crippen molar-refractivity contribution in [3.05, 3.63) is 18.0 Å². The van der Waals surface area contributed by atoms with Crippen LogP contribution >= 0.6 is 0 Å². The van der Waals surface area contributed by atoms with E-state index in [0.717, 1.165) is 38.2 Å². The van der Waals surface area contributed by atoms with E-state index < -0.39 is 5.54 Å². The van der Waals surface area contributed by atoms with Crippen molar-refractivity contribution < 1.29 is 9.59 Å². The van der Waals surface area contributed by atoms with Crippen molar-refractivity contribution in [1.82, 2.24) is 24.9 Å². The second-order valence-corrected chi connectivity index (χ2v) is 7.45. The highest BCUT2D eigenvalue weighted by atomic mass is 16.2. The number of amides is 3. The van der Waals surface area contributed by atoms with Gasteiger partial charge in [-0.3, -0.25) is 19.3 Å². The van der Waals surface area contributed by atoms with E-state index in [4.69, 9.17) is 0 Å². The third-order valence-electron chi connectivity index (χ3n) is 5.32. The molecule has 2 aliphatic heterocycles. The molecule has 3 amide bonds. The lowest BCUT2D eigenvalue weighted by molar-refractivity contribution is -0.132. The number of carbonyl (C=O) groups is 2. The van der Waals surface area contributed by atoms with Gasteiger partial charge in [-0.25, -0.2) is 4.79 Å². The van der Waals surface area contributed by atoms with Gasteiger partial charge >= 0.3 is 6.03 Å². The number of imide groups is 1. The lowest BCUT2D eigenvalue weighted by Gasteiger charge is -2.39. The number of urea groups is 1. The summed E-state index contributed by atoms with van der Waals surface area (Å²) in [6.07, 6.45) is 3.99. The molecular weight excluding hydrogens is 306 g/mol. The number of rotatable bonds is 4. The maximum Gasteiger partial charge on any atom is 0.324 e. The fourth-order valence-corrected chi connectivity index (χ4v) is 3.73. The van der Waals surface area contributed by atoms with Crippen LogP contribution in [0.1, 0.15) is 45.3 Å². The number of aromatic nitrogens is 2. The van der Waals surface area contributed by atoms with Crippen LogP contribution in [0.15, 0.2) is 12.3 Å². The number of carbonyl (C=O) groups excluding carboxylic acids is 2. The first-order valence-electron chi connectivity index (χ1n) is 8.68. The molecule has 0 aliphatic carbocycles. The van der Waals surface area contributed by atoms with Gasteiger partial charge in [0.15, 0.2) is 0 Å². The topological polar surface area (TPSA) is 70.5 Å². The van der Waals surface area contributed by atoms with E-state index in [-0.39, 0.29) is 17.9 Å². The van der Waals surface area contributed by atoms with Crippen molar-refractivity contribution in [3.8, 4) is 0 Å². The maximum absolute atomic E-state index is 12.5. The Kier molecular flexibility index (Phi) is 4.38. The SMILES string of the molecule is CC(C)n1ccc(CN2CCC[C@@H]([C@@]3(C)NC(=O)N(C)C3=O)C2)n1. The molecule has 1 aromatic heterocycles. The van der Waals surface area contributed by atoms with Gasteiger partial charge in [-0.1, -0.05) is 0 Å². The summed E-state index contributed by atoms with van der Waals surface area (Å²) in [5.41, 5.74) is 0.260. The van der Waals surface area contributed by atoms with Gasteiger partial charge in [-0.05, 0) is 46.2 Å². The third kappa shape index (κ3) is 2.92. The van der Waals surface area contributed by atoms with Crippen LogP contribution in [0.3, 0.4) is 0 Å². The molecule has 2 fully saturated rings.